The summed E-state index contributed by atoms with van der Waals surface area (Å²) in [5.74, 6) is -0.146. The molecule has 1 amide bonds. The average Bonchev–Trinajstić information content (AvgIpc) is 2.61. The molecule has 0 saturated carbocycles. The zero-order valence-corrected chi connectivity index (χ0v) is 14.2. The van der Waals surface area contributed by atoms with Crippen molar-refractivity contribution >= 4 is 11.7 Å². The van der Waals surface area contributed by atoms with Gasteiger partial charge in [0.25, 0.3) is 5.91 Å². The summed E-state index contributed by atoms with van der Waals surface area (Å²) in [5.41, 5.74) is 0.525. The van der Waals surface area contributed by atoms with E-state index in [0.29, 0.717) is 17.9 Å². The molecule has 0 bridgehead atoms. The Labute approximate surface area is 146 Å². The molecule has 0 aliphatic rings. The lowest BCUT2D eigenvalue weighted by Gasteiger charge is -2.18. The molecule has 0 saturated heterocycles. The van der Waals surface area contributed by atoms with Crippen molar-refractivity contribution in [2.45, 2.75) is 6.92 Å². The van der Waals surface area contributed by atoms with Crippen molar-refractivity contribution in [1.29, 1.82) is 0 Å². The maximum atomic E-state index is 13.4. The number of carbonyl (C=O) groups is 2. The zero-order chi connectivity index (χ0) is 18.2. The lowest BCUT2D eigenvalue weighted by Crippen LogP contribution is -2.34. The number of amides is 1. The Bertz CT molecular complexity index is 748. The van der Waals surface area contributed by atoms with E-state index in [1.807, 2.05) is 0 Å². The minimum atomic E-state index is -0.440. The van der Waals surface area contributed by atoms with Crippen LogP contribution in [0.1, 0.15) is 17.3 Å². The number of hydrogen-bond acceptors (Lipinski definition) is 4. The van der Waals surface area contributed by atoms with Gasteiger partial charge in [0.1, 0.15) is 12.4 Å². The van der Waals surface area contributed by atoms with E-state index in [0.717, 1.165) is 0 Å². The first-order chi connectivity index (χ1) is 12.0. The van der Waals surface area contributed by atoms with Crippen molar-refractivity contribution in [3.05, 3.63) is 59.9 Å². The van der Waals surface area contributed by atoms with Gasteiger partial charge in [-0.25, -0.2) is 4.39 Å². The van der Waals surface area contributed by atoms with Crippen LogP contribution < -0.4 is 9.47 Å². The molecule has 0 unspecified atom stereocenters. The highest BCUT2D eigenvalue weighted by atomic mass is 19.1. The minimum absolute atomic E-state index is 0.0702. The first kappa shape index (κ1) is 18.4. The van der Waals surface area contributed by atoms with Crippen LogP contribution >= 0.6 is 0 Å². The van der Waals surface area contributed by atoms with Crippen molar-refractivity contribution in [3.63, 3.8) is 0 Å². The van der Waals surface area contributed by atoms with Crippen molar-refractivity contribution in [3.8, 4) is 11.5 Å². The maximum Gasteiger partial charge on any atom is 0.260 e. The smallest absolute Gasteiger partial charge is 0.260 e. The van der Waals surface area contributed by atoms with Gasteiger partial charge in [-0.3, -0.25) is 9.59 Å². The monoisotopic (exact) mass is 345 g/mol. The van der Waals surface area contributed by atoms with Crippen LogP contribution in [-0.4, -0.2) is 43.4 Å². The van der Waals surface area contributed by atoms with Gasteiger partial charge < -0.3 is 14.4 Å². The van der Waals surface area contributed by atoms with Crippen LogP contribution in [0.15, 0.2) is 48.5 Å². The molecule has 0 aliphatic carbocycles. The summed E-state index contributed by atoms with van der Waals surface area (Å²) in [6, 6.07) is 12.8. The minimum Gasteiger partial charge on any atom is -0.489 e. The number of benzene rings is 2. The molecule has 2 aromatic rings. The zero-order valence-electron chi connectivity index (χ0n) is 14.2. The number of ketones is 1. The maximum absolute atomic E-state index is 13.4. The quantitative estimate of drug-likeness (QED) is 0.690. The van der Waals surface area contributed by atoms with Gasteiger partial charge in [0.15, 0.2) is 24.0 Å². The van der Waals surface area contributed by atoms with Crippen molar-refractivity contribution in [2.24, 2.45) is 0 Å². The summed E-state index contributed by atoms with van der Waals surface area (Å²) in [5, 5.41) is 0. The lowest BCUT2D eigenvalue weighted by molar-refractivity contribution is -0.132. The average molecular weight is 345 g/mol. The van der Waals surface area contributed by atoms with Crippen molar-refractivity contribution in [2.75, 3.05) is 26.8 Å². The van der Waals surface area contributed by atoms with Crippen LogP contribution in [0, 0.1) is 5.82 Å². The van der Waals surface area contributed by atoms with E-state index in [-0.39, 0.29) is 30.7 Å². The Balaban J connectivity index is 1.77. The third-order valence-corrected chi connectivity index (χ3v) is 3.55. The molecule has 0 spiro atoms. The van der Waals surface area contributed by atoms with E-state index in [2.05, 4.69) is 0 Å². The van der Waals surface area contributed by atoms with Crippen molar-refractivity contribution < 1.29 is 23.5 Å². The van der Waals surface area contributed by atoms with Gasteiger partial charge >= 0.3 is 0 Å². The van der Waals surface area contributed by atoms with Crippen LogP contribution in [0.25, 0.3) is 0 Å². The Morgan fingerprint density at radius 2 is 1.84 bits per heavy atom. The molecule has 0 aliphatic heterocycles. The number of para-hydroxylation sites is 1. The molecule has 0 heterocycles. The normalized spacial score (nSPS) is 10.2. The third-order valence-electron chi connectivity index (χ3n) is 3.55. The fraction of sp³-hybridized carbons (Fsp3) is 0.263. The molecule has 0 fully saturated rings. The van der Waals surface area contributed by atoms with E-state index in [4.69, 9.17) is 9.47 Å². The van der Waals surface area contributed by atoms with Gasteiger partial charge in [0.2, 0.25) is 0 Å². The van der Waals surface area contributed by atoms with E-state index >= 15 is 0 Å². The molecule has 0 aromatic heterocycles. The highest BCUT2D eigenvalue weighted by Gasteiger charge is 2.11. The van der Waals surface area contributed by atoms with Gasteiger partial charge in [-0.2, -0.15) is 0 Å². The van der Waals surface area contributed by atoms with E-state index < -0.39 is 5.82 Å². The molecule has 0 atom stereocenters. The molecule has 132 valence electrons. The predicted octanol–water partition coefficient (Wildman–Crippen LogP) is 2.94. The SMILES string of the molecule is CC(=O)c1cccc(OCC(=O)N(C)CCOc2ccccc2F)c1. The van der Waals surface area contributed by atoms with E-state index in [9.17, 15) is 14.0 Å². The predicted molar refractivity (Wildman–Crippen MR) is 91.5 cm³/mol. The summed E-state index contributed by atoms with van der Waals surface area (Å²) < 4.78 is 24.2. The highest BCUT2D eigenvalue weighted by Crippen LogP contribution is 2.15. The van der Waals surface area contributed by atoms with Crippen LogP contribution in [0.3, 0.4) is 0 Å². The van der Waals surface area contributed by atoms with Gasteiger partial charge in [0, 0.05) is 12.6 Å². The Hall–Kier alpha value is -2.89. The van der Waals surface area contributed by atoms with Crippen LogP contribution in [0.4, 0.5) is 4.39 Å². The molecule has 6 heteroatoms. The van der Waals surface area contributed by atoms with Gasteiger partial charge in [-0.1, -0.05) is 24.3 Å². The summed E-state index contributed by atoms with van der Waals surface area (Å²) >= 11 is 0. The number of Topliss-reactive ketones (excluding diaryl/α,β-unsaturated/α-hetero) is 1. The molecular weight excluding hydrogens is 325 g/mol. The molecule has 25 heavy (non-hydrogen) atoms. The number of ether oxygens (including phenoxy) is 2. The fourth-order valence-corrected chi connectivity index (χ4v) is 2.04. The van der Waals surface area contributed by atoms with Gasteiger partial charge in [-0.05, 0) is 31.2 Å². The van der Waals surface area contributed by atoms with E-state index in [1.54, 1.807) is 43.4 Å². The largest absolute Gasteiger partial charge is 0.489 e. The number of nitrogens with zero attached hydrogens (tertiary/aromatic N) is 1. The van der Waals surface area contributed by atoms with Crippen molar-refractivity contribution in [1.82, 2.24) is 4.90 Å². The number of carbonyl (C=O) groups excluding carboxylic acids is 2. The van der Waals surface area contributed by atoms with Crippen LogP contribution in [-0.2, 0) is 4.79 Å². The second kappa shape index (κ2) is 8.82. The van der Waals surface area contributed by atoms with Crippen LogP contribution in [0.5, 0.6) is 11.5 Å². The Kier molecular flexibility index (Phi) is 6.51. The molecule has 2 aromatic carbocycles. The molecule has 5 nitrogen and oxygen atoms in total. The summed E-state index contributed by atoms with van der Waals surface area (Å²) in [4.78, 5) is 24.8. The fourth-order valence-electron chi connectivity index (χ4n) is 2.04. The topological polar surface area (TPSA) is 55.8 Å². The number of hydrogen-bond donors (Lipinski definition) is 0. The van der Waals surface area contributed by atoms with Gasteiger partial charge in [0.05, 0.1) is 6.54 Å². The summed E-state index contributed by atoms with van der Waals surface area (Å²) in [7, 11) is 1.61. The second-order valence-electron chi connectivity index (χ2n) is 5.47. The standard InChI is InChI=1S/C19H20FNO4/c1-14(22)15-6-5-7-16(12-15)25-13-19(23)21(2)10-11-24-18-9-4-3-8-17(18)20/h3-9,12H,10-11,13H2,1-2H3. The number of likely N-dealkylation sites (N-methyl/N-ethyl adjacent to an activating group) is 1. The third kappa shape index (κ3) is 5.60. The molecule has 0 N–H and O–H groups in total. The number of halogens is 1. The summed E-state index contributed by atoms with van der Waals surface area (Å²) in [6.07, 6.45) is 0. The number of rotatable bonds is 8. The molecular formula is C19H20FNO4. The Morgan fingerprint density at radius 1 is 1.08 bits per heavy atom. The molecule has 2 rings (SSSR count). The summed E-state index contributed by atoms with van der Waals surface area (Å²) in [6.45, 7) is 1.78. The molecule has 0 radical (unpaired) electrons. The highest BCUT2D eigenvalue weighted by molar-refractivity contribution is 5.94. The van der Waals surface area contributed by atoms with Gasteiger partial charge in [-0.15, -0.1) is 0 Å². The second-order valence-corrected chi connectivity index (χ2v) is 5.47. The first-order valence-electron chi connectivity index (χ1n) is 7.82. The van der Waals surface area contributed by atoms with E-state index in [1.165, 1.54) is 24.0 Å². The first-order valence-corrected chi connectivity index (χ1v) is 7.82. The lowest BCUT2D eigenvalue weighted by atomic mass is 10.1. The van der Waals surface area contributed by atoms with Crippen LogP contribution in [0.2, 0.25) is 0 Å². The Morgan fingerprint density at radius 3 is 2.56 bits per heavy atom.